The summed E-state index contributed by atoms with van der Waals surface area (Å²) in [5.74, 6) is -0.757. The predicted molar refractivity (Wildman–Crippen MR) is 72.1 cm³/mol. The van der Waals surface area contributed by atoms with E-state index in [0.29, 0.717) is 12.2 Å². The maximum Gasteiger partial charge on any atom is 0.242 e. The Bertz CT molecular complexity index is 482. The average molecular weight is 263 g/mol. The van der Waals surface area contributed by atoms with Gasteiger partial charge >= 0.3 is 0 Å². The van der Waals surface area contributed by atoms with Crippen molar-refractivity contribution in [2.75, 3.05) is 11.9 Å². The van der Waals surface area contributed by atoms with Crippen LogP contribution in [0.15, 0.2) is 18.2 Å². The fourth-order valence-corrected chi connectivity index (χ4v) is 1.60. The molecule has 1 unspecified atom stereocenters. The van der Waals surface area contributed by atoms with Crippen LogP contribution in [-0.4, -0.2) is 18.5 Å². The van der Waals surface area contributed by atoms with Gasteiger partial charge in [-0.25, -0.2) is 4.39 Å². The van der Waals surface area contributed by atoms with Gasteiger partial charge in [0.15, 0.2) is 0 Å². The van der Waals surface area contributed by atoms with Crippen molar-refractivity contribution in [1.29, 1.82) is 5.26 Å². The van der Waals surface area contributed by atoms with Crippen LogP contribution < -0.4 is 10.6 Å². The minimum Gasteiger partial charge on any atom is -0.373 e. The quantitative estimate of drug-likeness (QED) is 0.775. The van der Waals surface area contributed by atoms with Crippen LogP contribution in [0.25, 0.3) is 0 Å². The number of halogens is 1. The summed E-state index contributed by atoms with van der Waals surface area (Å²) in [7, 11) is 0. The normalized spacial score (nSPS) is 11.5. The zero-order chi connectivity index (χ0) is 14.3. The van der Waals surface area contributed by atoms with E-state index in [1.165, 1.54) is 12.1 Å². The Morgan fingerprint density at radius 3 is 2.89 bits per heavy atom. The van der Waals surface area contributed by atoms with E-state index in [9.17, 15) is 9.18 Å². The van der Waals surface area contributed by atoms with E-state index in [1.54, 1.807) is 19.1 Å². The molecule has 1 amide bonds. The number of carbonyl (C=O) groups is 1. The molecule has 19 heavy (non-hydrogen) atoms. The molecule has 0 aliphatic carbocycles. The molecular weight excluding hydrogens is 245 g/mol. The Labute approximate surface area is 112 Å². The second-order valence-electron chi connectivity index (χ2n) is 4.28. The van der Waals surface area contributed by atoms with Crippen LogP contribution in [0.4, 0.5) is 10.1 Å². The maximum absolute atomic E-state index is 13.4. The summed E-state index contributed by atoms with van der Waals surface area (Å²) in [5, 5.41) is 14.5. The number of rotatable bonds is 6. The SMILES string of the molecule is CCCCNC(=O)C(C)Nc1cccc(F)c1C#N. The Kier molecular flexibility index (Phi) is 5.80. The van der Waals surface area contributed by atoms with Gasteiger partial charge in [0.1, 0.15) is 23.5 Å². The standard InChI is InChI=1S/C14H18FN3O/c1-3-4-8-17-14(19)10(2)18-13-7-5-6-12(15)11(13)9-16/h5-7,10,18H,3-4,8H2,1-2H3,(H,17,19). The summed E-state index contributed by atoms with van der Waals surface area (Å²) in [5.41, 5.74) is 0.261. The molecule has 1 aromatic rings. The number of carbonyl (C=O) groups excluding carboxylic acids is 1. The molecule has 1 aromatic carbocycles. The van der Waals surface area contributed by atoms with Crippen molar-refractivity contribution in [1.82, 2.24) is 5.32 Å². The maximum atomic E-state index is 13.4. The van der Waals surface area contributed by atoms with E-state index in [-0.39, 0.29) is 11.5 Å². The molecule has 0 saturated carbocycles. The lowest BCUT2D eigenvalue weighted by Gasteiger charge is -2.16. The van der Waals surface area contributed by atoms with Gasteiger partial charge in [0, 0.05) is 6.54 Å². The van der Waals surface area contributed by atoms with Crippen molar-refractivity contribution < 1.29 is 9.18 Å². The van der Waals surface area contributed by atoms with Crippen molar-refractivity contribution >= 4 is 11.6 Å². The molecule has 5 heteroatoms. The predicted octanol–water partition coefficient (Wildman–Crippen LogP) is 2.41. The van der Waals surface area contributed by atoms with Gasteiger partial charge in [0.25, 0.3) is 0 Å². The lowest BCUT2D eigenvalue weighted by Crippen LogP contribution is -2.38. The highest BCUT2D eigenvalue weighted by atomic mass is 19.1. The molecule has 0 bridgehead atoms. The molecule has 0 aliphatic heterocycles. The van der Waals surface area contributed by atoms with E-state index < -0.39 is 11.9 Å². The molecule has 0 saturated heterocycles. The smallest absolute Gasteiger partial charge is 0.242 e. The van der Waals surface area contributed by atoms with Gasteiger partial charge in [-0.3, -0.25) is 4.79 Å². The van der Waals surface area contributed by atoms with Crippen molar-refractivity contribution in [2.45, 2.75) is 32.7 Å². The van der Waals surface area contributed by atoms with E-state index in [4.69, 9.17) is 5.26 Å². The summed E-state index contributed by atoms with van der Waals surface area (Å²) in [6.45, 7) is 4.34. The van der Waals surface area contributed by atoms with Crippen LogP contribution in [0, 0.1) is 17.1 Å². The monoisotopic (exact) mass is 263 g/mol. The molecule has 0 heterocycles. The number of anilines is 1. The van der Waals surface area contributed by atoms with Gasteiger partial charge in [-0.1, -0.05) is 19.4 Å². The Hall–Kier alpha value is -2.09. The van der Waals surface area contributed by atoms with E-state index in [0.717, 1.165) is 12.8 Å². The first-order valence-electron chi connectivity index (χ1n) is 6.33. The van der Waals surface area contributed by atoms with Crippen LogP contribution in [0.3, 0.4) is 0 Å². The Morgan fingerprint density at radius 2 is 2.26 bits per heavy atom. The number of nitriles is 1. The van der Waals surface area contributed by atoms with Crippen LogP contribution in [0.2, 0.25) is 0 Å². The van der Waals surface area contributed by atoms with Gasteiger partial charge in [0.05, 0.1) is 5.69 Å². The molecule has 0 radical (unpaired) electrons. The largest absolute Gasteiger partial charge is 0.373 e. The van der Waals surface area contributed by atoms with Crippen molar-refractivity contribution in [3.63, 3.8) is 0 Å². The second-order valence-corrected chi connectivity index (χ2v) is 4.28. The number of hydrogen-bond donors (Lipinski definition) is 2. The summed E-state index contributed by atoms with van der Waals surface area (Å²) in [4.78, 5) is 11.8. The number of nitrogens with one attached hydrogen (secondary N) is 2. The van der Waals surface area contributed by atoms with E-state index in [2.05, 4.69) is 10.6 Å². The van der Waals surface area contributed by atoms with E-state index in [1.807, 2.05) is 6.92 Å². The highest BCUT2D eigenvalue weighted by Crippen LogP contribution is 2.18. The summed E-state index contributed by atoms with van der Waals surface area (Å²) in [6.07, 6.45) is 1.92. The first-order valence-corrected chi connectivity index (χ1v) is 6.33. The first-order chi connectivity index (χ1) is 9.10. The molecule has 1 atom stereocenters. The number of hydrogen-bond acceptors (Lipinski definition) is 3. The zero-order valence-electron chi connectivity index (χ0n) is 11.2. The third-order valence-electron chi connectivity index (χ3n) is 2.72. The third kappa shape index (κ3) is 4.25. The van der Waals surface area contributed by atoms with E-state index >= 15 is 0 Å². The average Bonchev–Trinajstić information content (AvgIpc) is 2.39. The number of unbranched alkanes of at least 4 members (excludes halogenated alkanes) is 1. The third-order valence-corrected chi connectivity index (χ3v) is 2.72. The highest BCUT2D eigenvalue weighted by Gasteiger charge is 2.15. The topological polar surface area (TPSA) is 64.9 Å². The summed E-state index contributed by atoms with van der Waals surface area (Å²) < 4.78 is 13.4. The molecule has 0 aliphatic rings. The minimum absolute atomic E-state index is 0.0734. The van der Waals surface area contributed by atoms with Gasteiger partial charge in [-0.2, -0.15) is 5.26 Å². The van der Waals surface area contributed by atoms with Gasteiger partial charge in [0.2, 0.25) is 5.91 Å². The molecule has 4 nitrogen and oxygen atoms in total. The molecule has 2 N–H and O–H groups in total. The molecule has 0 aromatic heterocycles. The molecular formula is C14H18FN3O. The second kappa shape index (κ2) is 7.37. The van der Waals surface area contributed by atoms with Gasteiger partial charge < -0.3 is 10.6 Å². The van der Waals surface area contributed by atoms with Crippen molar-refractivity contribution in [3.8, 4) is 6.07 Å². The number of amides is 1. The lowest BCUT2D eigenvalue weighted by atomic mass is 10.1. The minimum atomic E-state index is -0.592. The molecule has 1 rings (SSSR count). The van der Waals surface area contributed by atoms with Crippen LogP contribution in [0.5, 0.6) is 0 Å². The lowest BCUT2D eigenvalue weighted by molar-refractivity contribution is -0.121. The molecule has 102 valence electrons. The van der Waals surface area contributed by atoms with Crippen LogP contribution in [-0.2, 0) is 4.79 Å². The Balaban J connectivity index is 2.67. The molecule has 0 fully saturated rings. The summed E-state index contributed by atoms with van der Waals surface area (Å²) in [6, 6.07) is 5.57. The number of benzene rings is 1. The summed E-state index contributed by atoms with van der Waals surface area (Å²) >= 11 is 0. The van der Waals surface area contributed by atoms with Crippen LogP contribution >= 0.6 is 0 Å². The van der Waals surface area contributed by atoms with Gasteiger partial charge in [-0.05, 0) is 25.5 Å². The fraction of sp³-hybridized carbons (Fsp3) is 0.429. The zero-order valence-corrected chi connectivity index (χ0v) is 11.2. The fourth-order valence-electron chi connectivity index (χ4n) is 1.60. The first kappa shape index (κ1) is 15.0. The highest BCUT2D eigenvalue weighted by molar-refractivity contribution is 5.84. The Morgan fingerprint density at radius 1 is 1.53 bits per heavy atom. The van der Waals surface area contributed by atoms with Gasteiger partial charge in [-0.15, -0.1) is 0 Å². The van der Waals surface area contributed by atoms with Crippen LogP contribution in [0.1, 0.15) is 32.3 Å². The van der Waals surface area contributed by atoms with Crippen molar-refractivity contribution in [2.24, 2.45) is 0 Å². The molecule has 0 spiro atoms. The number of nitrogens with zero attached hydrogens (tertiary/aromatic N) is 1. The van der Waals surface area contributed by atoms with Crippen molar-refractivity contribution in [3.05, 3.63) is 29.6 Å².